The molecule has 2 aromatic carbocycles. The predicted molar refractivity (Wildman–Crippen MR) is 91.4 cm³/mol. The lowest BCUT2D eigenvalue weighted by atomic mass is 10.1. The van der Waals surface area contributed by atoms with Crippen molar-refractivity contribution in [2.45, 2.75) is 6.54 Å². The van der Waals surface area contributed by atoms with Crippen LogP contribution in [0.25, 0.3) is 0 Å². The largest absolute Gasteiger partial charge is 0.494 e. The van der Waals surface area contributed by atoms with E-state index in [-0.39, 0.29) is 17.9 Å². The van der Waals surface area contributed by atoms with Gasteiger partial charge in [-0.15, -0.1) is 0 Å². The van der Waals surface area contributed by atoms with Crippen LogP contribution in [0.15, 0.2) is 48.5 Å². The highest BCUT2D eigenvalue weighted by Crippen LogP contribution is 2.20. The Kier molecular flexibility index (Phi) is 4.98. The number of ether oxygens (including phenoxy) is 1. The summed E-state index contributed by atoms with van der Waals surface area (Å²) < 4.78 is 18.5. The minimum atomic E-state index is -1.08. The summed E-state index contributed by atoms with van der Waals surface area (Å²) in [5, 5.41) is 0. The van der Waals surface area contributed by atoms with Gasteiger partial charge in [-0.05, 0) is 23.8 Å². The zero-order valence-electron chi connectivity index (χ0n) is 14.3. The second kappa shape index (κ2) is 7.36. The summed E-state index contributed by atoms with van der Waals surface area (Å²) in [6, 6.07) is 11.3. The number of carbonyl (C=O) groups is 4. The number of amides is 4. The van der Waals surface area contributed by atoms with E-state index >= 15 is 0 Å². The Morgan fingerprint density at radius 1 is 1.00 bits per heavy atom. The topological polar surface area (TPSA) is 84.0 Å². The van der Waals surface area contributed by atoms with E-state index in [2.05, 4.69) is 0 Å². The first-order valence-electron chi connectivity index (χ1n) is 8.00. The van der Waals surface area contributed by atoms with Crippen molar-refractivity contribution in [2.75, 3.05) is 13.7 Å². The second-order valence-electron chi connectivity index (χ2n) is 5.82. The first kappa shape index (κ1) is 18.2. The first-order chi connectivity index (χ1) is 12.9. The lowest BCUT2D eigenvalue weighted by molar-refractivity contribution is -0.143. The number of rotatable bonds is 6. The summed E-state index contributed by atoms with van der Waals surface area (Å²) in [5.74, 6) is -3.54. The van der Waals surface area contributed by atoms with E-state index < -0.39 is 36.0 Å². The molecule has 1 aliphatic rings. The highest BCUT2D eigenvalue weighted by Gasteiger charge is 2.45. The standard InChI is InChI=1S/C19H15FN2O5/c1-27-16-8-7-13(9-14(16)20)15(23)11-22-18(25)17(24)21(19(22)26)10-12-5-3-2-4-6-12/h2-9H,10-11H2,1H3. The van der Waals surface area contributed by atoms with Crippen LogP contribution in [-0.2, 0) is 16.1 Å². The number of ketones is 1. The van der Waals surface area contributed by atoms with Crippen molar-refractivity contribution in [3.8, 4) is 5.75 Å². The molecule has 1 fully saturated rings. The van der Waals surface area contributed by atoms with Gasteiger partial charge in [-0.1, -0.05) is 30.3 Å². The zero-order valence-corrected chi connectivity index (χ0v) is 14.3. The van der Waals surface area contributed by atoms with Crippen molar-refractivity contribution in [3.63, 3.8) is 0 Å². The van der Waals surface area contributed by atoms with Crippen LogP contribution in [0.4, 0.5) is 9.18 Å². The minimum absolute atomic E-state index is 0.0379. The highest BCUT2D eigenvalue weighted by molar-refractivity contribution is 6.45. The lowest BCUT2D eigenvalue weighted by Crippen LogP contribution is -2.36. The fourth-order valence-corrected chi connectivity index (χ4v) is 2.67. The van der Waals surface area contributed by atoms with E-state index in [0.29, 0.717) is 10.5 Å². The molecule has 1 aliphatic heterocycles. The van der Waals surface area contributed by atoms with Crippen molar-refractivity contribution in [3.05, 3.63) is 65.5 Å². The Morgan fingerprint density at radius 3 is 2.30 bits per heavy atom. The van der Waals surface area contributed by atoms with Gasteiger partial charge in [0.15, 0.2) is 17.3 Å². The number of nitrogens with zero attached hydrogens (tertiary/aromatic N) is 2. The average Bonchev–Trinajstić information content (AvgIpc) is 2.87. The van der Waals surface area contributed by atoms with E-state index in [9.17, 15) is 23.6 Å². The first-order valence-corrected chi connectivity index (χ1v) is 8.00. The smallest absolute Gasteiger partial charge is 0.334 e. The number of Topliss-reactive ketones (excluding diaryl/α,β-unsaturated/α-hetero) is 1. The lowest BCUT2D eigenvalue weighted by Gasteiger charge is -2.15. The molecule has 0 saturated carbocycles. The van der Waals surface area contributed by atoms with Gasteiger partial charge in [0.05, 0.1) is 20.2 Å². The van der Waals surface area contributed by atoms with Gasteiger partial charge in [-0.25, -0.2) is 14.1 Å². The molecule has 4 amide bonds. The van der Waals surface area contributed by atoms with E-state index in [4.69, 9.17) is 4.74 Å². The Hall–Kier alpha value is -3.55. The number of urea groups is 1. The summed E-state index contributed by atoms with van der Waals surface area (Å²) in [4.78, 5) is 50.3. The van der Waals surface area contributed by atoms with E-state index in [1.807, 2.05) is 0 Å². The molecule has 3 rings (SSSR count). The van der Waals surface area contributed by atoms with Crippen molar-refractivity contribution in [1.82, 2.24) is 9.80 Å². The number of hydrogen-bond acceptors (Lipinski definition) is 5. The van der Waals surface area contributed by atoms with Crippen LogP contribution >= 0.6 is 0 Å². The molecule has 0 spiro atoms. The molecule has 0 atom stereocenters. The quantitative estimate of drug-likeness (QED) is 0.441. The molecule has 1 saturated heterocycles. The SMILES string of the molecule is COc1ccc(C(=O)CN2C(=O)C(=O)N(Cc3ccccc3)C2=O)cc1F. The molecule has 0 aliphatic carbocycles. The molecular formula is C19H15FN2O5. The molecule has 0 bridgehead atoms. The van der Waals surface area contributed by atoms with Crippen LogP contribution in [0.1, 0.15) is 15.9 Å². The molecule has 27 heavy (non-hydrogen) atoms. The third-order valence-corrected chi connectivity index (χ3v) is 4.09. The van der Waals surface area contributed by atoms with E-state index in [1.165, 1.54) is 19.2 Å². The predicted octanol–water partition coefficient (Wildman–Crippen LogP) is 2.01. The Labute approximate surface area is 153 Å². The van der Waals surface area contributed by atoms with Crippen molar-refractivity contribution in [1.29, 1.82) is 0 Å². The van der Waals surface area contributed by atoms with Crippen LogP contribution < -0.4 is 4.74 Å². The Morgan fingerprint density at radius 2 is 1.67 bits per heavy atom. The fourth-order valence-electron chi connectivity index (χ4n) is 2.67. The zero-order chi connectivity index (χ0) is 19.6. The number of carbonyl (C=O) groups excluding carboxylic acids is 4. The van der Waals surface area contributed by atoms with Gasteiger partial charge in [0, 0.05) is 5.56 Å². The minimum Gasteiger partial charge on any atom is -0.494 e. The molecule has 0 aromatic heterocycles. The third kappa shape index (κ3) is 3.55. The maximum absolute atomic E-state index is 13.8. The fraction of sp³-hybridized carbons (Fsp3) is 0.158. The van der Waals surface area contributed by atoms with Gasteiger partial charge >= 0.3 is 17.8 Å². The van der Waals surface area contributed by atoms with Gasteiger partial charge in [0.25, 0.3) is 0 Å². The summed E-state index contributed by atoms with van der Waals surface area (Å²) >= 11 is 0. The molecule has 1 heterocycles. The van der Waals surface area contributed by atoms with Gasteiger partial charge in [-0.2, -0.15) is 0 Å². The summed E-state index contributed by atoms with van der Waals surface area (Å²) in [6.07, 6.45) is 0. The third-order valence-electron chi connectivity index (χ3n) is 4.09. The monoisotopic (exact) mass is 370 g/mol. The van der Waals surface area contributed by atoms with Crippen LogP contribution in [0, 0.1) is 5.82 Å². The van der Waals surface area contributed by atoms with Crippen molar-refractivity contribution in [2.24, 2.45) is 0 Å². The maximum atomic E-state index is 13.8. The van der Waals surface area contributed by atoms with Crippen LogP contribution in [-0.4, -0.2) is 47.1 Å². The maximum Gasteiger partial charge on any atom is 0.334 e. The highest BCUT2D eigenvalue weighted by atomic mass is 19.1. The molecule has 8 heteroatoms. The molecule has 0 radical (unpaired) electrons. The molecular weight excluding hydrogens is 355 g/mol. The number of hydrogen-bond donors (Lipinski definition) is 0. The van der Waals surface area contributed by atoms with E-state index in [1.54, 1.807) is 30.3 Å². The number of methoxy groups -OCH3 is 1. The van der Waals surface area contributed by atoms with Gasteiger partial charge in [0.2, 0.25) is 0 Å². The van der Waals surface area contributed by atoms with Crippen LogP contribution in [0.5, 0.6) is 5.75 Å². The van der Waals surface area contributed by atoms with E-state index in [0.717, 1.165) is 11.0 Å². The molecule has 138 valence electrons. The van der Waals surface area contributed by atoms with Gasteiger partial charge < -0.3 is 4.74 Å². The second-order valence-corrected chi connectivity index (χ2v) is 5.82. The summed E-state index contributed by atoms with van der Waals surface area (Å²) in [7, 11) is 1.29. The van der Waals surface area contributed by atoms with Crippen molar-refractivity contribution < 1.29 is 28.3 Å². The Balaban J connectivity index is 1.75. The van der Waals surface area contributed by atoms with Gasteiger partial charge in [0.1, 0.15) is 0 Å². The number of halogens is 1. The summed E-state index contributed by atoms with van der Waals surface area (Å²) in [6.45, 7) is -0.730. The van der Waals surface area contributed by atoms with Crippen molar-refractivity contribution >= 4 is 23.6 Å². The molecule has 7 nitrogen and oxygen atoms in total. The van der Waals surface area contributed by atoms with Crippen LogP contribution in [0.3, 0.4) is 0 Å². The Bertz CT molecular complexity index is 929. The number of benzene rings is 2. The average molecular weight is 370 g/mol. The molecule has 0 N–H and O–H groups in total. The van der Waals surface area contributed by atoms with Crippen LogP contribution in [0.2, 0.25) is 0 Å². The van der Waals surface area contributed by atoms with Gasteiger partial charge in [-0.3, -0.25) is 19.3 Å². The molecule has 2 aromatic rings. The normalized spacial score (nSPS) is 14.1. The molecule has 0 unspecified atom stereocenters. The summed E-state index contributed by atoms with van der Waals surface area (Å²) in [5.41, 5.74) is 0.625. The number of imide groups is 2.